The summed E-state index contributed by atoms with van der Waals surface area (Å²) in [5.74, 6) is 0.457. The summed E-state index contributed by atoms with van der Waals surface area (Å²) in [5, 5.41) is 0. The van der Waals surface area contributed by atoms with Crippen LogP contribution in [0, 0.1) is 5.92 Å². The summed E-state index contributed by atoms with van der Waals surface area (Å²) < 4.78 is 5.11. The Balaban J connectivity index is 1.74. The van der Waals surface area contributed by atoms with Gasteiger partial charge in [-0.15, -0.1) is 0 Å². The average Bonchev–Trinajstić information content (AvgIpc) is 2.78. The molecule has 68 valence electrons. The number of hydrogen-bond acceptors (Lipinski definition) is 3. The molecule has 3 heteroatoms. The van der Waals surface area contributed by atoms with E-state index in [0.29, 0.717) is 12.5 Å². The number of carbonyl (C=O) groups is 1. The second-order valence-electron chi connectivity index (χ2n) is 4.05. The van der Waals surface area contributed by atoms with E-state index in [-0.39, 0.29) is 5.97 Å². The summed E-state index contributed by atoms with van der Waals surface area (Å²) in [6.45, 7) is 0.595. The van der Waals surface area contributed by atoms with E-state index in [2.05, 4.69) is 0 Å². The van der Waals surface area contributed by atoms with E-state index in [9.17, 15) is 4.79 Å². The molecule has 2 aliphatic carbocycles. The van der Waals surface area contributed by atoms with Gasteiger partial charge in [0, 0.05) is 0 Å². The van der Waals surface area contributed by atoms with Crippen LogP contribution in [0.2, 0.25) is 0 Å². The summed E-state index contributed by atoms with van der Waals surface area (Å²) in [4.78, 5) is 11.3. The normalized spacial score (nSPS) is 26.1. The highest BCUT2D eigenvalue weighted by atomic mass is 16.5. The van der Waals surface area contributed by atoms with Crippen molar-refractivity contribution in [2.24, 2.45) is 11.7 Å². The van der Waals surface area contributed by atoms with E-state index in [1.165, 1.54) is 12.8 Å². The van der Waals surface area contributed by atoms with Crippen LogP contribution in [-0.4, -0.2) is 18.1 Å². The van der Waals surface area contributed by atoms with Gasteiger partial charge in [0.15, 0.2) is 0 Å². The highest BCUT2D eigenvalue weighted by Crippen LogP contribution is 2.32. The quantitative estimate of drug-likeness (QED) is 0.636. The van der Waals surface area contributed by atoms with Gasteiger partial charge < -0.3 is 10.5 Å². The number of carbonyl (C=O) groups excluding carboxylic acids is 1. The first-order valence-electron chi connectivity index (χ1n) is 4.67. The first-order chi connectivity index (χ1) is 5.71. The van der Waals surface area contributed by atoms with Crippen LogP contribution in [0.1, 0.15) is 32.1 Å². The first-order valence-corrected chi connectivity index (χ1v) is 4.67. The molecule has 0 aromatic rings. The Morgan fingerprint density at radius 2 is 2.17 bits per heavy atom. The minimum atomic E-state index is -0.616. The fourth-order valence-electron chi connectivity index (χ4n) is 1.38. The molecule has 0 amide bonds. The molecule has 2 aliphatic rings. The zero-order valence-corrected chi connectivity index (χ0v) is 7.21. The summed E-state index contributed by atoms with van der Waals surface area (Å²) in [6, 6.07) is 0. The summed E-state index contributed by atoms with van der Waals surface area (Å²) in [7, 11) is 0. The van der Waals surface area contributed by atoms with Gasteiger partial charge in [-0.1, -0.05) is 0 Å². The molecule has 2 fully saturated rings. The molecule has 0 heterocycles. The van der Waals surface area contributed by atoms with Gasteiger partial charge in [-0.05, 0) is 38.0 Å². The molecule has 0 aliphatic heterocycles. The fourth-order valence-corrected chi connectivity index (χ4v) is 1.38. The third-order valence-electron chi connectivity index (χ3n) is 2.80. The minimum absolute atomic E-state index is 0.180. The second kappa shape index (κ2) is 2.73. The minimum Gasteiger partial charge on any atom is -0.464 e. The smallest absolute Gasteiger partial charge is 0.326 e. The van der Waals surface area contributed by atoms with Crippen LogP contribution < -0.4 is 5.73 Å². The van der Waals surface area contributed by atoms with Crippen molar-refractivity contribution in [1.82, 2.24) is 0 Å². The summed E-state index contributed by atoms with van der Waals surface area (Å²) in [6.07, 6.45) is 5.09. The standard InChI is InChI=1S/C9H15NO2/c10-9(4-1-5-9)8(11)12-6-7-2-3-7/h7H,1-6,10H2. The molecule has 2 saturated carbocycles. The summed E-state index contributed by atoms with van der Waals surface area (Å²) >= 11 is 0. The Morgan fingerprint density at radius 1 is 1.50 bits per heavy atom. The molecule has 3 nitrogen and oxygen atoms in total. The molecular weight excluding hydrogens is 154 g/mol. The van der Waals surface area contributed by atoms with Gasteiger partial charge >= 0.3 is 5.97 Å². The fraction of sp³-hybridized carbons (Fsp3) is 0.889. The highest BCUT2D eigenvalue weighted by Gasteiger charge is 2.42. The Morgan fingerprint density at radius 3 is 2.58 bits per heavy atom. The van der Waals surface area contributed by atoms with Crippen molar-refractivity contribution in [3.8, 4) is 0 Å². The second-order valence-corrected chi connectivity index (χ2v) is 4.05. The zero-order chi connectivity index (χ0) is 8.60. The molecule has 0 bridgehead atoms. The van der Waals surface area contributed by atoms with E-state index in [1.807, 2.05) is 0 Å². The molecule has 0 aromatic carbocycles. The molecule has 12 heavy (non-hydrogen) atoms. The van der Waals surface area contributed by atoms with E-state index in [1.54, 1.807) is 0 Å². The van der Waals surface area contributed by atoms with E-state index < -0.39 is 5.54 Å². The van der Waals surface area contributed by atoms with E-state index in [4.69, 9.17) is 10.5 Å². The van der Waals surface area contributed by atoms with Crippen LogP contribution >= 0.6 is 0 Å². The van der Waals surface area contributed by atoms with Gasteiger partial charge in [0.1, 0.15) is 5.54 Å². The number of esters is 1. The van der Waals surface area contributed by atoms with Gasteiger partial charge in [-0.25, -0.2) is 0 Å². The van der Waals surface area contributed by atoms with Crippen LogP contribution in [0.15, 0.2) is 0 Å². The van der Waals surface area contributed by atoms with Crippen LogP contribution in [0.25, 0.3) is 0 Å². The summed E-state index contributed by atoms with van der Waals surface area (Å²) in [5.41, 5.74) is 5.16. The van der Waals surface area contributed by atoms with Crippen LogP contribution in [0.4, 0.5) is 0 Å². The van der Waals surface area contributed by atoms with Crippen LogP contribution in [0.5, 0.6) is 0 Å². The van der Waals surface area contributed by atoms with Gasteiger partial charge in [-0.3, -0.25) is 4.79 Å². The van der Waals surface area contributed by atoms with E-state index in [0.717, 1.165) is 19.3 Å². The Bertz CT molecular complexity index is 195. The Hall–Kier alpha value is -0.570. The third kappa shape index (κ3) is 1.46. The van der Waals surface area contributed by atoms with Crippen LogP contribution in [0.3, 0.4) is 0 Å². The maximum absolute atomic E-state index is 11.3. The van der Waals surface area contributed by atoms with Crippen molar-refractivity contribution >= 4 is 5.97 Å². The average molecular weight is 169 g/mol. The predicted octanol–water partition coefficient (Wildman–Crippen LogP) is 0.821. The monoisotopic (exact) mass is 169 g/mol. The molecule has 0 atom stereocenters. The Kier molecular flexibility index (Phi) is 1.83. The lowest BCUT2D eigenvalue weighted by molar-refractivity contribution is -0.154. The van der Waals surface area contributed by atoms with Gasteiger partial charge in [-0.2, -0.15) is 0 Å². The van der Waals surface area contributed by atoms with Gasteiger partial charge in [0.2, 0.25) is 0 Å². The lowest BCUT2D eigenvalue weighted by Crippen LogP contribution is -2.54. The maximum atomic E-state index is 11.3. The van der Waals surface area contributed by atoms with Crippen molar-refractivity contribution in [3.63, 3.8) is 0 Å². The lowest BCUT2D eigenvalue weighted by atomic mass is 9.78. The van der Waals surface area contributed by atoms with Gasteiger partial charge in [0.05, 0.1) is 6.61 Å². The van der Waals surface area contributed by atoms with Crippen molar-refractivity contribution in [2.75, 3.05) is 6.61 Å². The topological polar surface area (TPSA) is 52.3 Å². The van der Waals surface area contributed by atoms with Crippen molar-refractivity contribution in [1.29, 1.82) is 0 Å². The van der Waals surface area contributed by atoms with Crippen molar-refractivity contribution in [3.05, 3.63) is 0 Å². The number of rotatable bonds is 3. The molecular formula is C9H15NO2. The third-order valence-corrected chi connectivity index (χ3v) is 2.80. The number of nitrogens with two attached hydrogens (primary N) is 1. The number of hydrogen-bond donors (Lipinski definition) is 1. The molecule has 0 saturated heterocycles. The molecule has 0 radical (unpaired) electrons. The first kappa shape index (κ1) is 8.05. The van der Waals surface area contributed by atoms with Crippen molar-refractivity contribution in [2.45, 2.75) is 37.6 Å². The molecule has 0 unspecified atom stereocenters. The predicted molar refractivity (Wildman–Crippen MR) is 44.5 cm³/mol. The SMILES string of the molecule is NC1(C(=O)OCC2CC2)CCC1. The van der Waals surface area contributed by atoms with Crippen LogP contribution in [-0.2, 0) is 9.53 Å². The largest absolute Gasteiger partial charge is 0.464 e. The zero-order valence-electron chi connectivity index (χ0n) is 7.21. The van der Waals surface area contributed by atoms with Gasteiger partial charge in [0.25, 0.3) is 0 Å². The van der Waals surface area contributed by atoms with E-state index >= 15 is 0 Å². The molecule has 2 rings (SSSR count). The molecule has 2 N–H and O–H groups in total. The lowest BCUT2D eigenvalue weighted by Gasteiger charge is -2.35. The maximum Gasteiger partial charge on any atom is 0.326 e. The molecule has 0 spiro atoms. The number of ether oxygens (including phenoxy) is 1. The van der Waals surface area contributed by atoms with Crippen molar-refractivity contribution < 1.29 is 9.53 Å². The molecule has 0 aromatic heterocycles. The Labute approximate surface area is 72.3 Å². The highest BCUT2D eigenvalue weighted by molar-refractivity contribution is 5.81.